The lowest BCUT2D eigenvalue weighted by molar-refractivity contribution is 0.0746. The zero-order valence-corrected chi connectivity index (χ0v) is 18.4. The standard InChI is InChI=1S/C24H24ClFN4O/c1-16-20(15-18-7-3-6-10-22(18)26)23(28-17(2)27-16)29-11-13-30(14-12-29)24(31)19-8-4-5-9-21(19)25/h3-10H,11-15H2,1-2H3. The SMILES string of the molecule is Cc1nc(C)c(Cc2ccccc2F)c(N2CCN(C(=O)c3ccccc3Cl)CC2)n1. The topological polar surface area (TPSA) is 49.3 Å². The Balaban J connectivity index is 1.55. The maximum atomic E-state index is 14.3. The molecule has 0 bridgehead atoms. The number of amides is 1. The molecule has 0 spiro atoms. The van der Waals surface area contributed by atoms with Crippen LogP contribution in [0.1, 0.15) is 33.0 Å². The number of hydrogen-bond donors (Lipinski definition) is 0. The van der Waals surface area contributed by atoms with E-state index in [1.807, 2.05) is 36.9 Å². The molecule has 0 N–H and O–H groups in total. The Morgan fingerprint density at radius 3 is 2.39 bits per heavy atom. The van der Waals surface area contributed by atoms with Crippen LogP contribution in [0.25, 0.3) is 0 Å². The van der Waals surface area contributed by atoms with Crippen LogP contribution in [0.3, 0.4) is 0 Å². The lowest BCUT2D eigenvalue weighted by atomic mass is 10.0. The zero-order valence-electron chi connectivity index (χ0n) is 17.6. The first-order valence-electron chi connectivity index (χ1n) is 10.3. The van der Waals surface area contributed by atoms with Crippen LogP contribution in [0, 0.1) is 19.7 Å². The van der Waals surface area contributed by atoms with Crippen molar-refractivity contribution in [2.75, 3.05) is 31.1 Å². The van der Waals surface area contributed by atoms with Gasteiger partial charge in [-0.05, 0) is 37.6 Å². The lowest BCUT2D eigenvalue weighted by Gasteiger charge is -2.36. The molecule has 0 saturated carbocycles. The van der Waals surface area contributed by atoms with E-state index in [9.17, 15) is 9.18 Å². The molecule has 1 saturated heterocycles. The first-order valence-corrected chi connectivity index (χ1v) is 10.7. The Labute approximate surface area is 186 Å². The number of piperazine rings is 1. The van der Waals surface area contributed by atoms with E-state index >= 15 is 0 Å². The molecular formula is C24H24ClFN4O. The Bertz CT molecular complexity index is 1110. The second-order valence-corrected chi connectivity index (χ2v) is 8.09. The van der Waals surface area contributed by atoms with Crippen molar-refractivity contribution in [1.82, 2.24) is 14.9 Å². The number of nitrogens with zero attached hydrogens (tertiary/aromatic N) is 4. The minimum atomic E-state index is -0.233. The molecule has 0 atom stereocenters. The van der Waals surface area contributed by atoms with Gasteiger partial charge in [0.2, 0.25) is 0 Å². The number of carbonyl (C=O) groups excluding carboxylic acids is 1. The van der Waals surface area contributed by atoms with Crippen LogP contribution in [-0.2, 0) is 6.42 Å². The van der Waals surface area contributed by atoms with Crippen LogP contribution >= 0.6 is 11.6 Å². The summed E-state index contributed by atoms with van der Waals surface area (Å²) in [6, 6.07) is 13.9. The molecule has 2 aromatic carbocycles. The molecule has 4 rings (SSSR count). The minimum absolute atomic E-state index is 0.0631. The molecule has 1 aliphatic heterocycles. The van der Waals surface area contributed by atoms with E-state index in [-0.39, 0.29) is 11.7 Å². The van der Waals surface area contributed by atoms with Gasteiger partial charge in [-0.25, -0.2) is 14.4 Å². The quantitative estimate of drug-likeness (QED) is 0.604. The molecule has 7 heteroatoms. The Morgan fingerprint density at radius 2 is 1.68 bits per heavy atom. The predicted octanol–water partition coefficient (Wildman–Crippen LogP) is 4.44. The van der Waals surface area contributed by atoms with Crippen LogP contribution in [0.5, 0.6) is 0 Å². The van der Waals surface area contributed by atoms with E-state index in [4.69, 9.17) is 16.6 Å². The van der Waals surface area contributed by atoms with E-state index in [0.29, 0.717) is 54.6 Å². The molecule has 1 aliphatic rings. The Hall–Kier alpha value is -2.99. The van der Waals surface area contributed by atoms with E-state index in [0.717, 1.165) is 17.1 Å². The van der Waals surface area contributed by atoms with Gasteiger partial charge in [0.1, 0.15) is 17.5 Å². The maximum absolute atomic E-state index is 14.3. The van der Waals surface area contributed by atoms with E-state index in [1.54, 1.807) is 24.3 Å². The third-order valence-corrected chi connectivity index (χ3v) is 5.93. The van der Waals surface area contributed by atoms with E-state index in [2.05, 4.69) is 9.88 Å². The van der Waals surface area contributed by atoms with Crippen molar-refractivity contribution in [2.45, 2.75) is 20.3 Å². The van der Waals surface area contributed by atoms with Crippen molar-refractivity contribution >= 4 is 23.3 Å². The second kappa shape index (κ2) is 9.02. The number of aryl methyl sites for hydroxylation is 2. The molecule has 1 amide bonds. The summed E-state index contributed by atoms with van der Waals surface area (Å²) in [5.41, 5.74) is 2.90. The van der Waals surface area contributed by atoms with Crippen LogP contribution < -0.4 is 4.90 Å². The summed E-state index contributed by atoms with van der Waals surface area (Å²) < 4.78 is 14.3. The van der Waals surface area contributed by atoms with Gasteiger partial charge in [0.05, 0.1) is 10.6 Å². The smallest absolute Gasteiger partial charge is 0.255 e. The third-order valence-electron chi connectivity index (χ3n) is 5.60. The summed E-state index contributed by atoms with van der Waals surface area (Å²) in [6.45, 7) is 6.19. The lowest BCUT2D eigenvalue weighted by Crippen LogP contribution is -2.49. The van der Waals surface area contributed by atoms with Crippen molar-refractivity contribution in [2.24, 2.45) is 0 Å². The summed E-state index contributed by atoms with van der Waals surface area (Å²) >= 11 is 6.20. The molecular weight excluding hydrogens is 415 g/mol. The van der Waals surface area contributed by atoms with Gasteiger partial charge in [0.15, 0.2) is 0 Å². The molecule has 3 aromatic rings. The molecule has 0 radical (unpaired) electrons. The van der Waals surface area contributed by atoms with Crippen molar-refractivity contribution in [3.05, 3.63) is 87.6 Å². The van der Waals surface area contributed by atoms with Crippen molar-refractivity contribution < 1.29 is 9.18 Å². The monoisotopic (exact) mass is 438 g/mol. The summed E-state index contributed by atoms with van der Waals surface area (Å²) in [6.07, 6.45) is 0.424. The van der Waals surface area contributed by atoms with Crippen LogP contribution in [0.2, 0.25) is 5.02 Å². The van der Waals surface area contributed by atoms with Gasteiger partial charge in [-0.3, -0.25) is 4.79 Å². The van der Waals surface area contributed by atoms with Crippen molar-refractivity contribution in [3.8, 4) is 0 Å². The van der Waals surface area contributed by atoms with Gasteiger partial charge >= 0.3 is 0 Å². The fraction of sp³-hybridized carbons (Fsp3) is 0.292. The average molecular weight is 439 g/mol. The van der Waals surface area contributed by atoms with Gasteiger partial charge in [-0.2, -0.15) is 0 Å². The van der Waals surface area contributed by atoms with Gasteiger partial charge in [0, 0.05) is 43.9 Å². The largest absolute Gasteiger partial charge is 0.353 e. The number of aromatic nitrogens is 2. The highest BCUT2D eigenvalue weighted by Crippen LogP contribution is 2.26. The number of rotatable bonds is 4. The first-order chi connectivity index (χ1) is 14.9. The summed E-state index contributed by atoms with van der Waals surface area (Å²) in [5, 5.41) is 0.462. The van der Waals surface area contributed by atoms with Crippen LogP contribution in [0.4, 0.5) is 10.2 Å². The highest BCUT2D eigenvalue weighted by atomic mass is 35.5. The number of hydrogen-bond acceptors (Lipinski definition) is 4. The second-order valence-electron chi connectivity index (χ2n) is 7.69. The number of benzene rings is 2. The molecule has 5 nitrogen and oxygen atoms in total. The average Bonchev–Trinajstić information content (AvgIpc) is 2.77. The highest BCUT2D eigenvalue weighted by Gasteiger charge is 2.26. The van der Waals surface area contributed by atoms with Crippen molar-refractivity contribution in [3.63, 3.8) is 0 Å². The third kappa shape index (κ3) is 4.54. The first kappa shape index (κ1) is 21.2. The normalized spacial score (nSPS) is 14.1. The van der Waals surface area contributed by atoms with E-state index < -0.39 is 0 Å². The van der Waals surface area contributed by atoms with Gasteiger partial charge in [0.25, 0.3) is 5.91 Å². The molecule has 1 fully saturated rings. The Morgan fingerprint density at radius 1 is 1.00 bits per heavy atom. The van der Waals surface area contributed by atoms with Crippen LogP contribution in [0.15, 0.2) is 48.5 Å². The highest BCUT2D eigenvalue weighted by molar-refractivity contribution is 6.33. The number of carbonyl (C=O) groups is 1. The molecule has 31 heavy (non-hydrogen) atoms. The Kier molecular flexibility index (Phi) is 6.18. The summed E-state index contributed by atoms with van der Waals surface area (Å²) in [5.74, 6) is 1.20. The maximum Gasteiger partial charge on any atom is 0.255 e. The summed E-state index contributed by atoms with van der Waals surface area (Å²) in [4.78, 5) is 26.1. The fourth-order valence-electron chi connectivity index (χ4n) is 3.94. The van der Waals surface area contributed by atoms with Gasteiger partial charge < -0.3 is 9.80 Å². The minimum Gasteiger partial charge on any atom is -0.353 e. The summed E-state index contributed by atoms with van der Waals surface area (Å²) in [7, 11) is 0. The van der Waals surface area contributed by atoms with Crippen LogP contribution in [-0.4, -0.2) is 47.0 Å². The number of anilines is 1. The molecule has 2 heterocycles. The fourth-order valence-corrected chi connectivity index (χ4v) is 4.16. The van der Waals surface area contributed by atoms with Gasteiger partial charge in [-0.1, -0.05) is 41.9 Å². The molecule has 0 aliphatic carbocycles. The van der Waals surface area contributed by atoms with Crippen molar-refractivity contribution in [1.29, 1.82) is 0 Å². The van der Waals surface area contributed by atoms with Gasteiger partial charge in [-0.15, -0.1) is 0 Å². The molecule has 0 unspecified atom stereocenters. The predicted molar refractivity (Wildman–Crippen MR) is 120 cm³/mol. The zero-order chi connectivity index (χ0) is 22.0. The van der Waals surface area contributed by atoms with E-state index in [1.165, 1.54) is 6.07 Å². The number of halogens is 2. The molecule has 160 valence electrons. The molecule has 1 aromatic heterocycles.